The fraction of sp³-hybridized carbons (Fsp3) is 0.154. The predicted octanol–water partition coefficient (Wildman–Crippen LogP) is 2.06. The Morgan fingerprint density at radius 2 is 1.89 bits per heavy atom. The molecule has 0 radical (unpaired) electrons. The van der Waals surface area contributed by atoms with E-state index in [0.29, 0.717) is 16.7 Å². The molecule has 0 aliphatic heterocycles. The molecular weight excluding hydrogens is 266 g/mol. The van der Waals surface area contributed by atoms with Gasteiger partial charge in [0.05, 0.1) is 6.26 Å². The summed E-state index contributed by atoms with van der Waals surface area (Å²) in [5.41, 5.74) is 1.68. The summed E-state index contributed by atoms with van der Waals surface area (Å²) in [6.07, 6.45) is 2.06. The van der Waals surface area contributed by atoms with Gasteiger partial charge in [-0.2, -0.15) is 0 Å². The first-order valence-corrected chi connectivity index (χ1v) is 7.19. The molecular formula is C13H13NO4S. The smallest absolute Gasteiger partial charge is 0.274 e. The minimum absolute atomic E-state index is 0.117. The van der Waals surface area contributed by atoms with Gasteiger partial charge in [-0.15, -0.1) is 0 Å². The number of aldehydes is 1. The number of carbonyl (C=O) groups is 1. The van der Waals surface area contributed by atoms with Gasteiger partial charge < -0.3 is 4.42 Å². The molecule has 100 valence electrons. The summed E-state index contributed by atoms with van der Waals surface area (Å²) in [6, 6.07) is 8.19. The molecule has 0 fully saturated rings. The molecule has 0 aliphatic carbocycles. The lowest BCUT2D eigenvalue weighted by atomic mass is 10.1. The Bertz CT molecular complexity index is 671. The molecule has 0 atom stereocenters. The molecule has 2 rings (SSSR count). The molecule has 0 amide bonds. The molecule has 0 aliphatic rings. The van der Waals surface area contributed by atoms with E-state index in [0.717, 1.165) is 6.29 Å². The third-order valence-electron chi connectivity index (χ3n) is 2.57. The molecule has 1 N–H and O–H groups in total. The van der Waals surface area contributed by atoms with Crippen molar-refractivity contribution in [1.29, 1.82) is 0 Å². The van der Waals surface area contributed by atoms with Gasteiger partial charge in [-0.3, -0.25) is 4.79 Å². The van der Waals surface area contributed by atoms with E-state index in [1.165, 1.54) is 6.26 Å². The number of nitrogens with one attached hydrogen (secondary N) is 1. The lowest BCUT2D eigenvalue weighted by Gasteiger charge is -2.05. The fourth-order valence-corrected chi connectivity index (χ4v) is 2.88. The van der Waals surface area contributed by atoms with Gasteiger partial charge in [0.15, 0.2) is 0 Å². The second kappa shape index (κ2) is 5.38. The Morgan fingerprint density at radius 3 is 2.47 bits per heavy atom. The van der Waals surface area contributed by atoms with E-state index in [2.05, 4.69) is 4.72 Å². The lowest BCUT2D eigenvalue weighted by Crippen LogP contribution is -2.23. The Hall–Kier alpha value is -1.92. The number of benzene rings is 1. The van der Waals surface area contributed by atoms with Crippen LogP contribution in [0.25, 0.3) is 11.1 Å². The van der Waals surface area contributed by atoms with Crippen LogP contribution in [0.2, 0.25) is 0 Å². The van der Waals surface area contributed by atoms with Crippen molar-refractivity contribution >= 4 is 16.3 Å². The van der Waals surface area contributed by atoms with Crippen molar-refractivity contribution in [2.45, 2.75) is 12.0 Å². The van der Waals surface area contributed by atoms with Crippen molar-refractivity contribution in [1.82, 2.24) is 4.72 Å². The summed E-state index contributed by atoms with van der Waals surface area (Å²) < 4.78 is 31.4. The van der Waals surface area contributed by atoms with E-state index in [1.807, 2.05) is 0 Å². The number of rotatable bonds is 5. The van der Waals surface area contributed by atoms with Crippen LogP contribution in [0.3, 0.4) is 0 Å². The third kappa shape index (κ3) is 2.74. The van der Waals surface area contributed by atoms with Crippen LogP contribution in [0, 0.1) is 0 Å². The molecule has 0 bridgehead atoms. The van der Waals surface area contributed by atoms with Crippen molar-refractivity contribution < 1.29 is 17.6 Å². The summed E-state index contributed by atoms with van der Waals surface area (Å²) in [6.45, 7) is 1.98. The van der Waals surface area contributed by atoms with Crippen LogP contribution in [0.4, 0.5) is 0 Å². The Balaban J connectivity index is 2.46. The molecule has 1 aromatic carbocycles. The van der Waals surface area contributed by atoms with E-state index >= 15 is 0 Å². The van der Waals surface area contributed by atoms with Crippen molar-refractivity contribution in [2.24, 2.45) is 0 Å². The number of furan rings is 1. The first kappa shape index (κ1) is 13.5. The van der Waals surface area contributed by atoms with E-state index in [-0.39, 0.29) is 11.6 Å². The van der Waals surface area contributed by atoms with E-state index < -0.39 is 10.0 Å². The zero-order chi connectivity index (χ0) is 13.9. The summed E-state index contributed by atoms with van der Waals surface area (Å²) >= 11 is 0. The summed E-state index contributed by atoms with van der Waals surface area (Å²) in [5, 5.41) is -0.117. The quantitative estimate of drug-likeness (QED) is 0.850. The molecule has 0 spiro atoms. The zero-order valence-electron chi connectivity index (χ0n) is 10.3. The van der Waals surface area contributed by atoms with E-state index in [9.17, 15) is 13.2 Å². The van der Waals surface area contributed by atoms with Gasteiger partial charge in [0.2, 0.25) is 5.09 Å². The van der Waals surface area contributed by atoms with Crippen LogP contribution in [0.1, 0.15) is 17.3 Å². The van der Waals surface area contributed by atoms with Gasteiger partial charge in [-0.05, 0) is 11.6 Å². The topological polar surface area (TPSA) is 76.4 Å². The Kier molecular flexibility index (Phi) is 3.82. The van der Waals surface area contributed by atoms with Crippen LogP contribution in [-0.2, 0) is 10.0 Å². The number of hydrogen-bond acceptors (Lipinski definition) is 4. The molecule has 5 nitrogen and oxygen atoms in total. The van der Waals surface area contributed by atoms with Crippen LogP contribution in [-0.4, -0.2) is 21.2 Å². The largest absolute Gasteiger partial charge is 0.451 e. The number of carbonyl (C=O) groups excluding carboxylic acids is 1. The monoisotopic (exact) mass is 279 g/mol. The van der Waals surface area contributed by atoms with Crippen LogP contribution >= 0.6 is 0 Å². The molecule has 0 unspecified atom stereocenters. The second-order valence-electron chi connectivity index (χ2n) is 3.86. The van der Waals surface area contributed by atoms with Crippen molar-refractivity contribution in [3.8, 4) is 11.1 Å². The molecule has 6 heteroatoms. The lowest BCUT2D eigenvalue weighted by molar-refractivity contribution is 0.112. The molecule has 2 aromatic rings. The van der Waals surface area contributed by atoms with Crippen LogP contribution in [0.15, 0.2) is 46.1 Å². The van der Waals surface area contributed by atoms with Crippen LogP contribution in [0.5, 0.6) is 0 Å². The van der Waals surface area contributed by atoms with E-state index in [4.69, 9.17) is 4.42 Å². The standard InChI is InChI=1S/C13H13NO4S/c1-2-14-19(16,17)13-12(7-8-18-13)11-5-3-10(9-15)4-6-11/h3-9,14H,2H2,1H3. The van der Waals surface area contributed by atoms with Crippen molar-refractivity contribution in [3.63, 3.8) is 0 Å². The molecule has 0 saturated carbocycles. The first-order chi connectivity index (χ1) is 9.08. The van der Waals surface area contributed by atoms with Gasteiger partial charge >= 0.3 is 0 Å². The first-order valence-electron chi connectivity index (χ1n) is 5.71. The summed E-state index contributed by atoms with van der Waals surface area (Å²) in [7, 11) is -3.65. The maximum atomic E-state index is 11.9. The maximum absolute atomic E-state index is 11.9. The normalized spacial score (nSPS) is 11.4. The summed E-state index contributed by atoms with van der Waals surface area (Å²) in [4.78, 5) is 10.6. The number of sulfonamides is 1. The Morgan fingerprint density at radius 1 is 1.21 bits per heavy atom. The molecule has 1 heterocycles. The highest BCUT2D eigenvalue weighted by Crippen LogP contribution is 2.28. The molecule has 19 heavy (non-hydrogen) atoms. The predicted molar refractivity (Wildman–Crippen MR) is 70.4 cm³/mol. The van der Waals surface area contributed by atoms with Crippen LogP contribution < -0.4 is 4.72 Å². The van der Waals surface area contributed by atoms with Gasteiger partial charge in [0, 0.05) is 17.7 Å². The average molecular weight is 279 g/mol. The second-order valence-corrected chi connectivity index (χ2v) is 5.53. The minimum Gasteiger partial charge on any atom is -0.451 e. The van der Waals surface area contributed by atoms with Gasteiger partial charge in [0.25, 0.3) is 10.0 Å². The Labute approximate surface area is 111 Å². The highest BCUT2D eigenvalue weighted by molar-refractivity contribution is 7.89. The number of hydrogen-bond donors (Lipinski definition) is 1. The maximum Gasteiger partial charge on any atom is 0.274 e. The highest BCUT2D eigenvalue weighted by Gasteiger charge is 2.22. The average Bonchev–Trinajstić information content (AvgIpc) is 2.89. The van der Waals surface area contributed by atoms with Crippen molar-refractivity contribution in [3.05, 3.63) is 42.2 Å². The van der Waals surface area contributed by atoms with Crippen molar-refractivity contribution in [2.75, 3.05) is 6.54 Å². The van der Waals surface area contributed by atoms with Gasteiger partial charge in [-0.1, -0.05) is 31.2 Å². The minimum atomic E-state index is -3.65. The van der Waals surface area contributed by atoms with Gasteiger partial charge in [-0.25, -0.2) is 13.1 Å². The summed E-state index contributed by atoms with van der Waals surface area (Å²) in [5.74, 6) is 0. The SMILES string of the molecule is CCNS(=O)(=O)c1occc1-c1ccc(C=O)cc1. The fourth-order valence-electron chi connectivity index (χ4n) is 1.71. The third-order valence-corrected chi connectivity index (χ3v) is 4.04. The zero-order valence-corrected chi connectivity index (χ0v) is 11.1. The van der Waals surface area contributed by atoms with Gasteiger partial charge in [0.1, 0.15) is 6.29 Å². The highest BCUT2D eigenvalue weighted by atomic mass is 32.2. The van der Waals surface area contributed by atoms with E-state index in [1.54, 1.807) is 37.3 Å². The molecule has 0 saturated heterocycles. The molecule has 1 aromatic heterocycles.